The van der Waals surface area contributed by atoms with E-state index in [-0.39, 0.29) is 0 Å². The van der Waals surface area contributed by atoms with Gasteiger partial charge in [0.2, 0.25) is 0 Å². The smallest absolute Gasteiger partial charge is 0.0207 e. The summed E-state index contributed by atoms with van der Waals surface area (Å²) >= 11 is 3.51. The Hall–Kier alpha value is -0.340. The molecule has 0 saturated carbocycles. The zero-order valence-corrected chi connectivity index (χ0v) is 8.89. The lowest BCUT2D eigenvalue weighted by atomic mass is 10.0. The average Bonchev–Trinajstić information content (AvgIpc) is 2.08. The third-order valence-electron chi connectivity index (χ3n) is 2.03. The number of aryl methyl sites for hydroxylation is 1. The van der Waals surface area contributed by atoms with Crippen LogP contribution < -0.4 is 5.73 Å². The van der Waals surface area contributed by atoms with Crippen molar-refractivity contribution in [2.45, 2.75) is 19.8 Å². The highest BCUT2D eigenvalue weighted by Crippen LogP contribution is 2.20. The fraction of sp³-hybridized carbons (Fsp3) is 0.400. The highest BCUT2D eigenvalue weighted by molar-refractivity contribution is 9.10. The largest absolute Gasteiger partial charge is 0.330 e. The monoisotopic (exact) mass is 227 g/mol. The van der Waals surface area contributed by atoms with Crippen LogP contribution in [0.15, 0.2) is 22.7 Å². The molecule has 0 aliphatic carbocycles. The predicted octanol–water partition coefficient (Wildman–Crippen LogP) is 2.65. The molecule has 0 aliphatic rings. The Kier molecular flexibility index (Phi) is 3.76. The van der Waals surface area contributed by atoms with Crippen LogP contribution >= 0.6 is 15.9 Å². The first-order valence-electron chi connectivity index (χ1n) is 4.19. The summed E-state index contributed by atoms with van der Waals surface area (Å²) in [7, 11) is 0. The van der Waals surface area contributed by atoms with E-state index < -0.39 is 0 Å². The number of hydrogen-bond donors (Lipinski definition) is 1. The first-order chi connectivity index (χ1) is 5.75. The van der Waals surface area contributed by atoms with Crippen LogP contribution in [0, 0.1) is 6.92 Å². The summed E-state index contributed by atoms with van der Waals surface area (Å²) in [6.07, 6.45) is 2.15. The molecule has 1 aromatic rings. The summed E-state index contributed by atoms with van der Waals surface area (Å²) in [6.45, 7) is 2.90. The van der Waals surface area contributed by atoms with Crippen molar-refractivity contribution in [2.24, 2.45) is 5.73 Å². The molecule has 0 aromatic heterocycles. The van der Waals surface area contributed by atoms with Gasteiger partial charge >= 0.3 is 0 Å². The van der Waals surface area contributed by atoms with Crippen molar-refractivity contribution < 1.29 is 0 Å². The minimum Gasteiger partial charge on any atom is -0.330 e. The topological polar surface area (TPSA) is 26.0 Å². The molecule has 0 amide bonds. The van der Waals surface area contributed by atoms with Crippen molar-refractivity contribution in [1.29, 1.82) is 0 Å². The SMILES string of the molecule is Cc1c(Br)cccc1CCCN. The summed E-state index contributed by atoms with van der Waals surface area (Å²) in [4.78, 5) is 0. The summed E-state index contributed by atoms with van der Waals surface area (Å²) in [5, 5.41) is 0. The number of rotatable bonds is 3. The summed E-state index contributed by atoms with van der Waals surface area (Å²) in [6, 6.07) is 6.31. The molecule has 0 saturated heterocycles. The Balaban J connectivity index is 2.78. The third-order valence-corrected chi connectivity index (χ3v) is 2.89. The van der Waals surface area contributed by atoms with Gasteiger partial charge in [0.1, 0.15) is 0 Å². The predicted molar refractivity (Wildman–Crippen MR) is 56.3 cm³/mol. The van der Waals surface area contributed by atoms with Gasteiger partial charge in [-0.05, 0) is 43.5 Å². The van der Waals surface area contributed by atoms with Crippen molar-refractivity contribution >= 4 is 15.9 Å². The lowest BCUT2D eigenvalue weighted by Gasteiger charge is -2.05. The highest BCUT2D eigenvalue weighted by Gasteiger charge is 1.99. The van der Waals surface area contributed by atoms with E-state index in [0.29, 0.717) is 0 Å². The second kappa shape index (κ2) is 4.63. The molecule has 1 nitrogen and oxygen atoms in total. The zero-order valence-electron chi connectivity index (χ0n) is 7.31. The van der Waals surface area contributed by atoms with Crippen LogP contribution in [0.25, 0.3) is 0 Å². The molecular formula is C10H14BrN. The maximum atomic E-state index is 5.45. The number of nitrogens with two attached hydrogens (primary N) is 1. The molecule has 2 N–H and O–H groups in total. The second-order valence-electron chi connectivity index (χ2n) is 2.92. The van der Waals surface area contributed by atoms with Gasteiger partial charge in [-0.15, -0.1) is 0 Å². The van der Waals surface area contributed by atoms with E-state index >= 15 is 0 Å². The lowest BCUT2D eigenvalue weighted by Crippen LogP contribution is -2.01. The van der Waals surface area contributed by atoms with Crippen LogP contribution in [0.4, 0.5) is 0 Å². The van der Waals surface area contributed by atoms with Crippen LogP contribution in [0.1, 0.15) is 17.5 Å². The Morgan fingerprint density at radius 1 is 1.42 bits per heavy atom. The fourth-order valence-corrected chi connectivity index (χ4v) is 1.62. The molecule has 0 radical (unpaired) electrons. The van der Waals surface area contributed by atoms with Crippen LogP contribution in [0.2, 0.25) is 0 Å². The Labute approximate surface area is 82.1 Å². The Bertz CT molecular complexity index is 258. The van der Waals surface area contributed by atoms with Gasteiger partial charge in [0.15, 0.2) is 0 Å². The van der Waals surface area contributed by atoms with Gasteiger partial charge in [-0.2, -0.15) is 0 Å². The average molecular weight is 228 g/mol. The normalized spacial score (nSPS) is 10.2. The number of benzene rings is 1. The Morgan fingerprint density at radius 3 is 2.83 bits per heavy atom. The van der Waals surface area contributed by atoms with Gasteiger partial charge in [-0.25, -0.2) is 0 Å². The van der Waals surface area contributed by atoms with E-state index in [2.05, 4.69) is 41.1 Å². The molecule has 1 aromatic carbocycles. The molecule has 0 unspecified atom stereocenters. The molecule has 66 valence electrons. The maximum absolute atomic E-state index is 5.45. The fourth-order valence-electron chi connectivity index (χ4n) is 1.22. The molecule has 1 rings (SSSR count). The third kappa shape index (κ3) is 2.32. The standard InChI is InChI=1S/C10H14BrN/c1-8-9(5-3-7-12)4-2-6-10(8)11/h2,4,6H,3,5,7,12H2,1H3. The van der Waals surface area contributed by atoms with Gasteiger partial charge in [0, 0.05) is 4.47 Å². The summed E-state index contributed by atoms with van der Waals surface area (Å²) < 4.78 is 1.19. The van der Waals surface area contributed by atoms with Gasteiger partial charge < -0.3 is 5.73 Å². The molecule has 0 bridgehead atoms. The van der Waals surface area contributed by atoms with Gasteiger partial charge in [-0.3, -0.25) is 0 Å². The van der Waals surface area contributed by atoms with E-state index in [1.165, 1.54) is 15.6 Å². The van der Waals surface area contributed by atoms with Crippen molar-refractivity contribution in [3.8, 4) is 0 Å². The first-order valence-corrected chi connectivity index (χ1v) is 4.99. The Morgan fingerprint density at radius 2 is 2.17 bits per heavy atom. The van der Waals surface area contributed by atoms with Crippen molar-refractivity contribution in [3.63, 3.8) is 0 Å². The molecule has 0 atom stereocenters. The first kappa shape index (κ1) is 9.75. The number of halogens is 1. The lowest BCUT2D eigenvalue weighted by molar-refractivity contribution is 0.827. The summed E-state index contributed by atoms with van der Waals surface area (Å²) in [5.74, 6) is 0. The molecule has 0 aliphatic heterocycles. The minimum atomic E-state index is 0.770. The van der Waals surface area contributed by atoms with E-state index in [1.807, 2.05) is 0 Å². The molecule has 0 heterocycles. The molecule has 2 heteroatoms. The zero-order chi connectivity index (χ0) is 8.97. The van der Waals surface area contributed by atoms with Crippen LogP contribution in [0.3, 0.4) is 0 Å². The van der Waals surface area contributed by atoms with Crippen LogP contribution in [0.5, 0.6) is 0 Å². The van der Waals surface area contributed by atoms with Gasteiger partial charge in [-0.1, -0.05) is 28.1 Å². The quantitative estimate of drug-likeness (QED) is 0.845. The summed E-state index contributed by atoms with van der Waals surface area (Å²) in [5.41, 5.74) is 8.19. The van der Waals surface area contributed by atoms with E-state index in [4.69, 9.17) is 5.73 Å². The molecule has 0 fully saturated rings. The molecule has 12 heavy (non-hydrogen) atoms. The second-order valence-corrected chi connectivity index (χ2v) is 3.77. The van der Waals surface area contributed by atoms with Gasteiger partial charge in [0.05, 0.1) is 0 Å². The van der Waals surface area contributed by atoms with Crippen molar-refractivity contribution in [1.82, 2.24) is 0 Å². The molecule has 0 spiro atoms. The highest BCUT2D eigenvalue weighted by atomic mass is 79.9. The van der Waals surface area contributed by atoms with Crippen molar-refractivity contribution in [2.75, 3.05) is 6.54 Å². The van der Waals surface area contributed by atoms with Crippen LogP contribution in [-0.2, 0) is 6.42 Å². The van der Waals surface area contributed by atoms with E-state index in [1.54, 1.807) is 0 Å². The molecular weight excluding hydrogens is 214 g/mol. The van der Waals surface area contributed by atoms with E-state index in [0.717, 1.165) is 19.4 Å². The van der Waals surface area contributed by atoms with Crippen molar-refractivity contribution in [3.05, 3.63) is 33.8 Å². The minimum absolute atomic E-state index is 0.770. The maximum Gasteiger partial charge on any atom is 0.0207 e. The van der Waals surface area contributed by atoms with Gasteiger partial charge in [0.25, 0.3) is 0 Å². The van der Waals surface area contributed by atoms with E-state index in [9.17, 15) is 0 Å². The van der Waals surface area contributed by atoms with Crippen LogP contribution in [-0.4, -0.2) is 6.54 Å². The number of hydrogen-bond acceptors (Lipinski definition) is 1.